The highest BCUT2D eigenvalue weighted by atomic mass is 31.2. The molecule has 1 saturated heterocycles. The first-order valence-electron chi connectivity index (χ1n) is 10.8. The van der Waals surface area contributed by atoms with Crippen LogP contribution in [0.2, 0.25) is 0 Å². The molecule has 3 rings (SSSR count). The minimum absolute atomic E-state index is 0.138. The predicted molar refractivity (Wildman–Crippen MR) is 120 cm³/mol. The number of hydrogen-bond acceptors (Lipinski definition) is 6. The molecule has 1 fully saturated rings. The summed E-state index contributed by atoms with van der Waals surface area (Å²) in [6, 6.07) is 18.8. The number of esters is 2. The van der Waals surface area contributed by atoms with Gasteiger partial charge in [-0.15, -0.1) is 0 Å². The molecule has 1 heterocycles. The maximum Gasteiger partial charge on any atom is 0.330 e. The summed E-state index contributed by atoms with van der Waals surface area (Å²) in [5.74, 6) is -1.39. The molecule has 6 nitrogen and oxygen atoms in total. The lowest BCUT2D eigenvalue weighted by Crippen LogP contribution is -2.36. The Balaban J connectivity index is 1.65. The molecule has 0 aliphatic carbocycles. The first kappa shape index (κ1) is 23.4. The monoisotopic (exact) mass is 443 g/mol. The zero-order valence-electron chi connectivity index (χ0n) is 17.9. The van der Waals surface area contributed by atoms with Gasteiger partial charge < -0.3 is 14.6 Å². The number of benzene rings is 2. The van der Waals surface area contributed by atoms with E-state index in [1.165, 1.54) is 6.92 Å². The van der Waals surface area contributed by atoms with Gasteiger partial charge in [0.25, 0.3) is 0 Å². The number of aryl methyl sites for hydroxylation is 1. The van der Waals surface area contributed by atoms with Crippen LogP contribution in [0.25, 0.3) is 0 Å². The van der Waals surface area contributed by atoms with Gasteiger partial charge in [0.15, 0.2) is 0 Å². The van der Waals surface area contributed by atoms with Gasteiger partial charge in [-0.2, -0.15) is 0 Å². The number of nitrogens with one attached hydrogen (secondary N) is 1. The minimum atomic E-state index is -3.40. The average molecular weight is 443 g/mol. The van der Waals surface area contributed by atoms with E-state index < -0.39 is 31.0 Å². The van der Waals surface area contributed by atoms with E-state index in [1.54, 1.807) is 0 Å². The third-order valence-electron chi connectivity index (χ3n) is 5.55. The quantitative estimate of drug-likeness (QED) is 0.335. The molecule has 31 heavy (non-hydrogen) atoms. The van der Waals surface area contributed by atoms with Crippen molar-refractivity contribution in [3.05, 3.63) is 71.8 Å². The molecule has 1 N–H and O–H groups in total. The Morgan fingerprint density at radius 3 is 2.32 bits per heavy atom. The van der Waals surface area contributed by atoms with Crippen LogP contribution in [0.1, 0.15) is 37.3 Å². The molecular weight excluding hydrogens is 413 g/mol. The molecule has 0 radical (unpaired) electrons. The summed E-state index contributed by atoms with van der Waals surface area (Å²) in [5, 5.41) is 3.01. The van der Waals surface area contributed by atoms with E-state index in [2.05, 4.69) is 5.32 Å². The fourth-order valence-corrected chi connectivity index (χ4v) is 5.66. The molecule has 1 aliphatic heterocycles. The van der Waals surface area contributed by atoms with Gasteiger partial charge in [0.05, 0.1) is 6.61 Å². The Kier molecular flexibility index (Phi) is 8.59. The Morgan fingerprint density at radius 1 is 1.06 bits per heavy atom. The van der Waals surface area contributed by atoms with Crippen molar-refractivity contribution < 1.29 is 23.4 Å². The predicted octanol–water partition coefficient (Wildman–Crippen LogP) is 4.32. The molecular formula is C24H30NO5P. The van der Waals surface area contributed by atoms with Crippen LogP contribution in [0.4, 0.5) is 0 Å². The number of hydrogen-bond donors (Lipinski definition) is 1. The Hall–Kier alpha value is -2.27. The van der Waals surface area contributed by atoms with E-state index >= 15 is 0 Å². The van der Waals surface area contributed by atoms with Gasteiger partial charge in [-0.25, -0.2) is 4.79 Å². The second-order valence-corrected chi connectivity index (χ2v) is 10.8. The van der Waals surface area contributed by atoms with Crippen LogP contribution in [0.3, 0.4) is 0 Å². The number of carbonyl (C=O) groups is 2. The van der Waals surface area contributed by atoms with Crippen LogP contribution in [-0.4, -0.2) is 36.3 Å². The van der Waals surface area contributed by atoms with Crippen molar-refractivity contribution in [1.29, 1.82) is 0 Å². The van der Waals surface area contributed by atoms with Crippen LogP contribution >= 0.6 is 7.37 Å². The summed E-state index contributed by atoms with van der Waals surface area (Å²) in [6.45, 7) is 2.40. The topological polar surface area (TPSA) is 81.7 Å². The molecule has 0 aromatic heterocycles. The van der Waals surface area contributed by atoms with Gasteiger partial charge in [-0.3, -0.25) is 9.36 Å². The summed E-state index contributed by atoms with van der Waals surface area (Å²) in [6.07, 6.45) is 3.07. The van der Waals surface area contributed by atoms with Gasteiger partial charge in [0.2, 0.25) is 7.37 Å². The molecule has 0 amide bonds. The van der Waals surface area contributed by atoms with Gasteiger partial charge >= 0.3 is 11.9 Å². The van der Waals surface area contributed by atoms with E-state index in [0.29, 0.717) is 12.8 Å². The maximum atomic E-state index is 13.8. The third kappa shape index (κ3) is 6.86. The summed E-state index contributed by atoms with van der Waals surface area (Å²) in [4.78, 5) is 24.9. The molecule has 0 saturated carbocycles. The molecule has 0 bridgehead atoms. The van der Waals surface area contributed by atoms with Crippen molar-refractivity contribution in [1.82, 2.24) is 5.32 Å². The first-order valence-corrected chi connectivity index (χ1v) is 12.7. The molecule has 3 atom stereocenters. The van der Waals surface area contributed by atoms with E-state index in [-0.39, 0.29) is 12.8 Å². The zero-order chi connectivity index (χ0) is 22.1. The normalized spacial score (nSPS) is 18.8. The molecule has 7 heteroatoms. The van der Waals surface area contributed by atoms with Crippen molar-refractivity contribution in [3.63, 3.8) is 0 Å². The minimum Gasteiger partial charge on any atom is -0.391 e. The highest BCUT2D eigenvalue weighted by molar-refractivity contribution is 7.60. The van der Waals surface area contributed by atoms with Crippen molar-refractivity contribution in [2.24, 2.45) is 0 Å². The fraction of sp³-hybridized carbons (Fsp3) is 0.417. The largest absolute Gasteiger partial charge is 0.391 e. The van der Waals surface area contributed by atoms with E-state index in [4.69, 9.17) is 9.26 Å². The average Bonchev–Trinajstić information content (AvgIpc) is 3.34. The van der Waals surface area contributed by atoms with Gasteiger partial charge in [-0.05, 0) is 50.3 Å². The van der Waals surface area contributed by atoms with Crippen LogP contribution in [0.5, 0.6) is 0 Å². The lowest BCUT2D eigenvalue weighted by molar-refractivity contribution is -0.160. The smallest absolute Gasteiger partial charge is 0.330 e. The van der Waals surface area contributed by atoms with E-state index in [0.717, 1.165) is 30.5 Å². The lowest BCUT2D eigenvalue weighted by atomic mass is 10.1. The summed E-state index contributed by atoms with van der Waals surface area (Å²) < 4.78 is 24.7. The molecule has 166 valence electrons. The van der Waals surface area contributed by atoms with Crippen molar-refractivity contribution in [3.8, 4) is 0 Å². The summed E-state index contributed by atoms with van der Waals surface area (Å²) in [5.41, 5.74) is 0.991. The highest BCUT2D eigenvalue weighted by Crippen LogP contribution is 2.53. The van der Waals surface area contributed by atoms with Crippen molar-refractivity contribution in [2.45, 2.75) is 50.9 Å². The number of ether oxygens (including phenoxy) is 1. The Labute approximate surface area is 183 Å². The van der Waals surface area contributed by atoms with Crippen LogP contribution in [0.15, 0.2) is 60.7 Å². The molecule has 1 aliphatic rings. The SMILES string of the molecule is CC(C(=O)OC(=O)[C@@H]1CCCN1)P(=O)(CCCc1ccccc1)OCc1ccccc1. The summed E-state index contributed by atoms with van der Waals surface area (Å²) in [7, 11) is -3.40. The molecule has 2 unspecified atom stereocenters. The Morgan fingerprint density at radius 2 is 1.71 bits per heavy atom. The molecule has 0 spiro atoms. The fourth-order valence-electron chi connectivity index (χ4n) is 3.58. The Bertz CT molecular complexity index is 897. The van der Waals surface area contributed by atoms with Gasteiger partial charge in [0.1, 0.15) is 11.7 Å². The van der Waals surface area contributed by atoms with E-state index in [9.17, 15) is 14.2 Å². The first-order chi connectivity index (χ1) is 15.0. The maximum absolute atomic E-state index is 13.8. The van der Waals surface area contributed by atoms with Crippen molar-refractivity contribution >= 4 is 19.3 Å². The third-order valence-corrected chi connectivity index (χ3v) is 8.44. The van der Waals surface area contributed by atoms with Crippen LogP contribution in [-0.2, 0) is 36.4 Å². The molecule has 2 aromatic carbocycles. The van der Waals surface area contributed by atoms with Gasteiger partial charge in [-0.1, -0.05) is 60.7 Å². The lowest BCUT2D eigenvalue weighted by Gasteiger charge is -2.24. The molecule has 2 aromatic rings. The standard InChI is InChI=1S/C24H30NO5P/c1-19(23(26)30-24(27)22-15-8-16-25-22)31(28,29-18-21-12-6-3-7-13-21)17-9-14-20-10-4-2-5-11-20/h2-7,10-13,19,22,25H,8-9,14-18H2,1H3/t19?,22-,31?/m0/s1. The highest BCUT2D eigenvalue weighted by Gasteiger charge is 2.39. The number of rotatable bonds is 10. The van der Waals surface area contributed by atoms with Crippen LogP contribution < -0.4 is 5.32 Å². The second-order valence-electron chi connectivity index (χ2n) is 7.86. The van der Waals surface area contributed by atoms with Gasteiger partial charge in [0, 0.05) is 6.16 Å². The van der Waals surface area contributed by atoms with E-state index in [1.807, 2.05) is 60.7 Å². The number of carbonyl (C=O) groups excluding carboxylic acids is 2. The zero-order valence-corrected chi connectivity index (χ0v) is 18.8. The van der Waals surface area contributed by atoms with Crippen LogP contribution in [0, 0.1) is 0 Å². The van der Waals surface area contributed by atoms with Crippen molar-refractivity contribution in [2.75, 3.05) is 12.7 Å². The summed E-state index contributed by atoms with van der Waals surface area (Å²) >= 11 is 0. The second kappa shape index (κ2) is 11.4.